The van der Waals surface area contributed by atoms with Crippen LogP contribution in [0.1, 0.15) is 24.2 Å². The molecule has 0 aliphatic rings. The Bertz CT molecular complexity index is 513. The van der Waals surface area contributed by atoms with Crippen LogP contribution in [0, 0.1) is 5.82 Å². The summed E-state index contributed by atoms with van der Waals surface area (Å²) in [4.78, 5) is 4.07. The van der Waals surface area contributed by atoms with E-state index in [4.69, 9.17) is 5.11 Å². The van der Waals surface area contributed by atoms with Gasteiger partial charge in [-0.05, 0) is 36.8 Å². The predicted octanol–water partition coefficient (Wildman–Crippen LogP) is 2.78. The van der Waals surface area contributed by atoms with E-state index in [9.17, 15) is 4.39 Å². The summed E-state index contributed by atoms with van der Waals surface area (Å²) in [5, 5.41) is 12.4. The number of pyridine rings is 1. The lowest BCUT2D eigenvalue weighted by molar-refractivity contribution is 0.471. The molecule has 0 spiro atoms. The maximum Gasteiger partial charge on any atom is 0.133 e. The maximum atomic E-state index is 13.1. The first kappa shape index (κ1) is 12.5. The van der Waals surface area contributed by atoms with Crippen LogP contribution in [0.3, 0.4) is 0 Å². The lowest BCUT2D eigenvalue weighted by atomic mass is 10.1. The highest BCUT2D eigenvalue weighted by Crippen LogP contribution is 2.14. The summed E-state index contributed by atoms with van der Waals surface area (Å²) in [5.74, 6) is -0.0826. The summed E-state index contributed by atoms with van der Waals surface area (Å²) in [6.45, 7) is 2.53. The molecular weight excluding hydrogens is 231 g/mol. The van der Waals surface area contributed by atoms with Gasteiger partial charge in [-0.1, -0.05) is 12.1 Å². The molecule has 4 heteroatoms. The molecule has 0 bridgehead atoms. The van der Waals surface area contributed by atoms with Gasteiger partial charge in [-0.25, -0.2) is 4.39 Å². The third-order valence-electron chi connectivity index (χ3n) is 2.75. The van der Waals surface area contributed by atoms with Gasteiger partial charge in [-0.3, -0.25) is 4.98 Å². The molecule has 2 N–H and O–H groups in total. The molecule has 18 heavy (non-hydrogen) atoms. The first-order chi connectivity index (χ1) is 8.65. The van der Waals surface area contributed by atoms with Crippen molar-refractivity contribution in [1.82, 2.24) is 10.3 Å². The van der Waals surface area contributed by atoms with Gasteiger partial charge in [0.15, 0.2) is 0 Å². The molecule has 0 unspecified atom stereocenters. The Hall–Kier alpha value is -1.94. The minimum absolute atomic E-state index is 0.0382. The molecule has 1 aromatic carbocycles. The van der Waals surface area contributed by atoms with Gasteiger partial charge < -0.3 is 10.4 Å². The molecule has 1 atom stereocenters. The van der Waals surface area contributed by atoms with E-state index in [1.54, 1.807) is 18.2 Å². The molecule has 1 heterocycles. The molecule has 0 saturated carbocycles. The van der Waals surface area contributed by atoms with Crippen molar-refractivity contribution in [1.29, 1.82) is 0 Å². The molecule has 0 aliphatic heterocycles. The second-order valence-corrected chi connectivity index (χ2v) is 4.17. The first-order valence-electron chi connectivity index (χ1n) is 5.78. The van der Waals surface area contributed by atoms with Crippen LogP contribution >= 0.6 is 0 Å². The fourth-order valence-electron chi connectivity index (χ4n) is 1.67. The van der Waals surface area contributed by atoms with E-state index < -0.39 is 0 Å². The summed E-state index contributed by atoms with van der Waals surface area (Å²) in [7, 11) is 0. The second-order valence-electron chi connectivity index (χ2n) is 4.17. The van der Waals surface area contributed by atoms with Crippen molar-refractivity contribution >= 4 is 0 Å². The van der Waals surface area contributed by atoms with Crippen molar-refractivity contribution in [3.05, 3.63) is 59.7 Å². The van der Waals surface area contributed by atoms with E-state index in [0.29, 0.717) is 6.54 Å². The summed E-state index contributed by atoms with van der Waals surface area (Å²) in [5.41, 5.74) is 1.73. The molecule has 0 radical (unpaired) electrons. The normalized spacial score (nSPS) is 12.3. The number of benzene rings is 1. The van der Waals surface area contributed by atoms with Crippen molar-refractivity contribution in [3.8, 4) is 5.75 Å². The van der Waals surface area contributed by atoms with Gasteiger partial charge in [0.05, 0.1) is 11.9 Å². The van der Waals surface area contributed by atoms with Crippen LogP contribution in [-0.4, -0.2) is 10.1 Å². The predicted molar refractivity (Wildman–Crippen MR) is 67.6 cm³/mol. The van der Waals surface area contributed by atoms with Crippen LogP contribution < -0.4 is 5.32 Å². The Morgan fingerprint density at radius 3 is 2.83 bits per heavy atom. The highest BCUT2D eigenvalue weighted by molar-refractivity contribution is 5.20. The smallest absolute Gasteiger partial charge is 0.133 e. The Morgan fingerprint density at radius 1 is 1.33 bits per heavy atom. The quantitative estimate of drug-likeness (QED) is 0.872. The number of nitrogens with one attached hydrogen (secondary N) is 1. The number of aromatic nitrogens is 1. The van der Waals surface area contributed by atoms with Gasteiger partial charge in [-0.15, -0.1) is 0 Å². The number of nitrogens with zero attached hydrogens (tertiary/aromatic N) is 1. The van der Waals surface area contributed by atoms with Crippen LogP contribution in [0.5, 0.6) is 5.75 Å². The van der Waals surface area contributed by atoms with E-state index >= 15 is 0 Å². The average molecular weight is 246 g/mol. The van der Waals surface area contributed by atoms with Crippen LogP contribution in [0.25, 0.3) is 0 Å². The van der Waals surface area contributed by atoms with Crippen LogP contribution in [0.15, 0.2) is 42.6 Å². The summed E-state index contributed by atoms with van der Waals surface area (Å²) >= 11 is 0. The van der Waals surface area contributed by atoms with Gasteiger partial charge in [0, 0.05) is 12.6 Å². The summed E-state index contributed by atoms with van der Waals surface area (Å²) in [6.07, 6.45) is 1.41. The molecule has 2 rings (SSSR count). The van der Waals surface area contributed by atoms with E-state index in [-0.39, 0.29) is 17.6 Å². The van der Waals surface area contributed by atoms with Gasteiger partial charge in [0.2, 0.25) is 0 Å². The first-order valence-corrected chi connectivity index (χ1v) is 5.78. The van der Waals surface area contributed by atoms with Crippen molar-refractivity contribution in [3.63, 3.8) is 0 Å². The molecule has 94 valence electrons. The number of aromatic hydroxyl groups is 1. The lowest BCUT2D eigenvalue weighted by Crippen LogP contribution is -2.18. The highest BCUT2D eigenvalue weighted by Gasteiger charge is 2.06. The fourth-order valence-corrected chi connectivity index (χ4v) is 1.67. The van der Waals surface area contributed by atoms with Crippen molar-refractivity contribution < 1.29 is 9.50 Å². The lowest BCUT2D eigenvalue weighted by Gasteiger charge is -2.14. The zero-order valence-corrected chi connectivity index (χ0v) is 10.1. The van der Waals surface area contributed by atoms with Gasteiger partial charge >= 0.3 is 0 Å². The Kier molecular flexibility index (Phi) is 3.89. The molecule has 3 nitrogen and oxygen atoms in total. The molecule has 1 aromatic heterocycles. The molecule has 0 fully saturated rings. The van der Waals surface area contributed by atoms with E-state index in [0.717, 1.165) is 11.3 Å². The van der Waals surface area contributed by atoms with Crippen LogP contribution in [0.4, 0.5) is 4.39 Å². The zero-order valence-electron chi connectivity index (χ0n) is 10.1. The van der Waals surface area contributed by atoms with Gasteiger partial charge in [0.25, 0.3) is 0 Å². The third-order valence-corrected chi connectivity index (χ3v) is 2.75. The van der Waals surface area contributed by atoms with Crippen molar-refractivity contribution in [2.24, 2.45) is 0 Å². The monoisotopic (exact) mass is 246 g/mol. The van der Waals surface area contributed by atoms with Crippen LogP contribution in [0.2, 0.25) is 0 Å². The van der Waals surface area contributed by atoms with Crippen LogP contribution in [-0.2, 0) is 6.54 Å². The summed E-state index contributed by atoms with van der Waals surface area (Å²) < 4.78 is 13.1. The largest absolute Gasteiger partial charge is 0.506 e. The Morgan fingerprint density at radius 2 is 2.17 bits per heavy atom. The Balaban J connectivity index is 1.96. The number of hydrogen-bond acceptors (Lipinski definition) is 3. The average Bonchev–Trinajstić information content (AvgIpc) is 2.38. The molecule has 0 amide bonds. The fraction of sp³-hybridized carbons (Fsp3) is 0.214. The standard InChI is InChI=1S/C14H15FN2O/c1-10(11-3-2-4-12(15)7-11)16-8-13-5-6-14(18)9-17-13/h2-7,9-10,16,18H,8H2,1H3/t10-/m1/s1. The zero-order chi connectivity index (χ0) is 13.0. The SMILES string of the molecule is C[C@@H](NCc1ccc(O)cn1)c1cccc(F)c1. The van der Waals surface area contributed by atoms with E-state index in [1.807, 2.05) is 13.0 Å². The third kappa shape index (κ3) is 3.28. The Labute approximate surface area is 105 Å². The second kappa shape index (κ2) is 5.60. The topological polar surface area (TPSA) is 45.1 Å². The molecule has 0 aliphatic carbocycles. The van der Waals surface area contributed by atoms with E-state index in [2.05, 4.69) is 10.3 Å². The van der Waals surface area contributed by atoms with Gasteiger partial charge in [-0.2, -0.15) is 0 Å². The maximum absolute atomic E-state index is 13.1. The number of rotatable bonds is 4. The molecular formula is C14H15FN2O. The van der Waals surface area contributed by atoms with Crippen molar-refractivity contribution in [2.75, 3.05) is 0 Å². The summed E-state index contributed by atoms with van der Waals surface area (Å²) in [6, 6.07) is 9.90. The molecule has 0 saturated heterocycles. The number of halogens is 1. The van der Waals surface area contributed by atoms with Crippen molar-refractivity contribution in [2.45, 2.75) is 19.5 Å². The number of hydrogen-bond donors (Lipinski definition) is 2. The highest BCUT2D eigenvalue weighted by atomic mass is 19.1. The van der Waals surface area contributed by atoms with E-state index in [1.165, 1.54) is 18.3 Å². The minimum Gasteiger partial charge on any atom is -0.506 e. The minimum atomic E-state index is -0.232. The molecule has 2 aromatic rings. The van der Waals surface area contributed by atoms with Gasteiger partial charge in [0.1, 0.15) is 11.6 Å².